The fourth-order valence-corrected chi connectivity index (χ4v) is 1.58. The van der Waals surface area contributed by atoms with Crippen molar-refractivity contribution < 1.29 is 4.74 Å². The van der Waals surface area contributed by atoms with Crippen LogP contribution in [0, 0.1) is 0 Å². The highest BCUT2D eigenvalue weighted by Gasteiger charge is 2.13. The fourth-order valence-electron chi connectivity index (χ4n) is 1.58. The van der Waals surface area contributed by atoms with E-state index in [0.29, 0.717) is 0 Å². The van der Waals surface area contributed by atoms with Crippen LogP contribution in [-0.2, 0) is 11.3 Å². The Balaban J connectivity index is 1.81. The predicted molar refractivity (Wildman–Crippen MR) is 64.4 cm³/mol. The van der Waals surface area contributed by atoms with E-state index >= 15 is 0 Å². The molecule has 2 N–H and O–H groups in total. The van der Waals surface area contributed by atoms with E-state index in [2.05, 4.69) is 27.8 Å². The lowest BCUT2D eigenvalue weighted by molar-refractivity contribution is 0.109. The number of hydrogen-bond donors (Lipinski definition) is 2. The molecule has 0 amide bonds. The largest absolute Gasteiger partial charge is 0.378 e. The molecule has 0 bridgehead atoms. The smallest absolute Gasteiger partial charge is 0.191 e. The summed E-state index contributed by atoms with van der Waals surface area (Å²) in [5.74, 6) is 0.858. The van der Waals surface area contributed by atoms with Crippen molar-refractivity contribution in [3.63, 3.8) is 0 Å². The van der Waals surface area contributed by atoms with E-state index < -0.39 is 0 Å². The topological polar surface area (TPSA) is 45.6 Å². The summed E-state index contributed by atoms with van der Waals surface area (Å²) >= 11 is 0. The Morgan fingerprint density at radius 1 is 1.44 bits per heavy atom. The summed E-state index contributed by atoms with van der Waals surface area (Å²) in [4.78, 5) is 4.37. The third-order valence-corrected chi connectivity index (χ3v) is 2.59. The highest BCUT2D eigenvalue weighted by molar-refractivity contribution is 5.80. The molecule has 1 aliphatic heterocycles. The van der Waals surface area contributed by atoms with Crippen molar-refractivity contribution in [1.29, 1.82) is 0 Å². The number of methoxy groups -OCH3 is 1. The molecule has 1 aliphatic rings. The summed E-state index contributed by atoms with van der Waals surface area (Å²) in [7, 11) is 1.71. The molecule has 1 aromatic rings. The second-order valence-electron chi connectivity index (χ2n) is 3.77. The van der Waals surface area contributed by atoms with Gasteiger partial charge in [-0.3, -0.25) is 4.99 Å². The third-order valence-electron chi connectivity index (χ3n) is 2.59. The molecule has 2 rings (SSSR count). The Morgan fingerprint density at radius 2 is 2.25 bits per heavy atom. The fraction of sp³-hybridized carbons (Fsp3) is 0.417. The molecule has 1 aromatic carbocycles. The number of nitrogens with one attached hydrogen (secondary N) is 2. The monoisotopic (exact) mass is 219 g/mol. The first-order valence-electron chi connectivity index (χ1n) is 5.47. The highest BCUT2D eigenvalue weighted by Crippen LogP contribution is 1.98. The van der Waals surface area contributed by atoms with Crippen LogP contribution >= 0.6 is 0 Å². The van der Waals surface area contributed by atoms with Gasteiger partial charge in [-0.1, -0.05) is 30.3 Å². The number of rotatable bonds is 3. The van der Waals surface area contributed by atoms with Gasteiger partial charge in [-0.05, 0) is 5.56 Å². The minimum absolute atomic E-state index is 0.197. The molecule has 0 fully saturated rings. The van der Waals surface area contributed by atoms with Crippen molar-refractivity contribution in [2.75, 3.05) is 20.2 Å². The zero-order chi connectivity index (χ0) is 11.2. The average Bonchev–Trinajstić information content (AvgIpc) is 2.38. The van der Waals surface area contributed by atoms with E-state index in [4.69, 9.17) is 4.74 Å². The lowest BCUT2D eigenvalue weighted by Gasteiger charge is -2.22. The van der Waals surface area contributed by atoms with Crippen LogP contribution in [0.4, 0.5) is 0 Å². The van der Waals surface area contributed by atoms with Gasteiger partial charge in [0.1, 0.15) is 0 Å². The van der Waals surface area contributed by atoms with Crippen molar-refractivity contribution in [1.82, 2.24) is 10.6 Å². The van der Waals surface area contributed by atoms with Gasteiger partial charge in [0.25, 0.3) is 0 Å². The lowest BCUT2D eigenvalue weighted by Crippen LogP contribution is -2.46. The Kier molecular flexibility index (Phi) is 3.77. The van der Waals surface area contributed by atoms with Gasteiger partial charge in [0.15, 0.2) is 5.96 Å². The Hall–Kier alpha value is -1.55. The van der Waals surface area contributed by atoms with Crippen LogP contribution in [0.3, 0.4) is 0 Å². The van der Waals surface area contributed by atoms with Crippen LogP contribution < -0.4 is 10.6 Å². The van der Waals surface area contributed by atoms with Gasteiger partial charge in [-0.2, -0.15) is 0 Å². The Bertz CT molecular complexity index is 351. The molecule has 16 heavy (non-hydrogen) atoms. The van der Waals surface area contributed by atoms with Crippen LogP contribution in [0.2, 0.25) is 0 Å². The standard InChI is InChI=1S/C12H17N3O/c1-16-11-8-14-12(15-9-11)13-7-10-5-3-2-4-6-10/h2-6,11H,7-9H2,1H3,(H2,13,14,15). The van der Waals surface area contributed by atoms with Crippen molar-refractivity contribution in [3.8, 4) is 0 Å². The molecule has 0 spiro atoms. The van der Waals surface area contributed by atoms with Gasteiger partial charge in [0, 0.05) is 20.2 Å². The number of benzene rings is 1. The van der Waals surface area contributed by atoms with Crippen LogP contribution in [0.5, 0.6) is 0 Å². The van der Waals surface area contributed by atoms with Crippen LogP contribution in [0.25, 0.3) is 0 Å². The number of guanidine groups is 1. The van der Waals surface area contributed by atoms with Crippen LogP contribution in [0.1, 0.15) is 5.56 Å². The van der Waals surface area contributed by atoms with Crippen molar-refractivity contribution in [2.45, 2.75) is 12.6 Å². The average molecular weight is 219 g/mol. The van der Waals surface area contributed by atoms with E-state index in [1.54, 1.807) is 7.11 Å². The van der Waals surface area contributed by atoms with E-state index in [1.165, 1.54) is 5.56 Å². The van der Waals surface area contributed by atoms with Crippen molar-refractivity contribution in [2.24, 2.45) is 4.99 Å². The quantitative estimate of drug-likeness (QED) is 0.788. The molecule has 86 valence electrons. The van der Waals surface area contributed by atoms with E-state index in [9.17, 15) is 0 Å². The normalized spacial score (nSPS) is 19.8. The number of aliphatic imine (C=N–C) groups is 1. The number of ether oxygens (including phenoxy) is 1. The SMILES string of the molecule is COC1CN=C(NCc2ccccc2)NC1. The number of hydrogen-bond acceptors (Lipinski definition) is 4. The maximum Gasteiger partial charge on any atom is 0.191 e. The maximum atomic E-state index is 5.20. The van der Waals surface area contributed by atoms with Crippen molar-refractivity contribution >= 4 is 5.96 Å². The zero-order valence-corrected chi connectivity index (χ0v) is 9.44. The first kappa shape index (κ1) is 11.0. The lowest BCUT2D eigenvalue weighted by atomic mass is 10.2. The third kappa shape index (κ3) is 2.97. The maximum absolute atomic E-state index is 5.20. The molecule has 4 heteroatoms. The second-order valence-corrected chi connectivity index (χ2v) is 3.77. The molecule has 1 unspecified atom stereocenters. The summed E-state index contributed by atoms with van der Waals surface area (Å²) in [6, 6.07) is 10.3. The molecule has 0 saturated carbocycles. The molecule has 4 nitrogen and oxygen atoms in total. The highest BCUT2D eigenvalue weighted by atomic mass is 16.5. The Morgan fingerprint density at radius 3 is 2.88 bits per heavy atom. The first-order chi connectivity index (χ1) is 7.88. The van der Waals surface area contributed by atoms with Gasteiger partial charge in [-0.15, -0.1) is 0 Å². The predicted octanol–water partition coefficient (Wildman–Crippen LogP) is 0.750. The minimum atomic E-state index is 0.197. The molecule has 1 heterocycles. The minimum Gasteiger partial charge on any atom is -0.378 e. The molecule has 0 saturated heterocycles. The van der Waals surface area contributed by atoms with Gasteiger partial charge in [0.2, 0.25) is 0 Å². The Labute approximate surface area is 95.7 Å². The first-order valence-corrected chi connectivity index (χ1v) is 5.47. The van der Waals surface area contributed by atoms with Crippen molar-refractivity contribution in [3.05, 3.63) is 35.9 Å². The van der Waals surface area contributed by atoms with E-state index in [0.717, 1.165) is 25.6 Å². The second kappa shape index (κ2) is 5.51. The summed E-state index contributed by atoms with van der Waals surface area (Å²) in [6.45, 7) is 2.34. The number of nitrogens with zero attached hydrogens (tertiary/aromatic N) is 1. The van der Waals surface area contributed by atoms with Crippen LogP contribution in [-0.4, -0.2) is 32.3 Å². The van der Waals surface area contributed by atoms with Gasteiger partial charge in [-0.25, -0.2) is 0 Å². The molecule has 0 aromatic heterocycles. The zero-order valence-electron chi connectivity index (χ0n) is 9.44. The molecular weight excluding hydrogens is 202 g/mol. The summed E-state index contributed by atoms with van der Waals surface area (Å²) in [5.41, 5.74) is 1.25. The van der Waals surface area contributed by atoms with E-state index in [1.807, 2.05) is 18.2 Å². The molecule has 0 aliphatic carbocycles. The summed E-state index contributed by atoms with van der Waals surface area (Å²) < 4.78 is 5.20. The molecule has 0 radical (unpaired) electrons. The summed E-state index contributed by atoms with van der Waals surface area (Å²) in [5, 5.41) is 6.47. The van der Waals surface area contributed by atoms with Crippen LogP contribution in [0.15, 0.2) is 35.3 Å². The summed E-state index contributed by atoms with van der Waals surface area (Å²) in [6.07, 6.45) is 0.197. The van der Waals surface area contributed by atoms with Gasteiger partial charge >= 0.3 is 0 Å². The molecular formula is C12H17N3O. The van der Waals surface area contributed by atoms with E-state index in [-0.39, 0.29) is 6.10 Å². The van der Waals surface area contributed by atoms with Gasteiger partial charge < -0.3 is 15.4 Å². The van der Waals surface area contributed by atoms with Gasteiger partial charge in [0.05, 0.1) is 12.6 Å². The molecule has 1 atom stereocenters.